The number of amides is 2. The highest BCUT2D eigenvalue weighted by Crippen LogP contribution is 2.39. The van der Waals surface area contributed by atoms with E-state index in [4.69, 9.17) is 4.74 Å². The molecule has 13 heteroatoms. The first-order chi connectivity index (χ1) is 18.5. The summed E-state index contributed by atoms with van der Waals surface area (Å²) in [4.78, 5) is 32.7. The van der Waals surface area contributed by atoms with Crippen molar-refractivity contribution < 1.29 is 32.6 Å². The predicted octanol–water partition coefficient (Wildman–Crippen LogP) is 2.11. The van der Waals surface area contributed by atoms with Gasteiger partial charge in [0, 0.05) is 43.1 Å². The fourth-order valence-corrected chi connectivity index (χ4v) is 5.34. The number of nitrogens with zero attached hydrogens (tertiary/aromatic N) is 6. The summed E-state index contributed by atoms with van der Waals surface area (Å²) in [6, 6.07) is 7.37. The fourth-order valence-electron chi connectivity index (χ4n) is 5.34. The molecule has 39 heavy (non-hydrogen) atoms. The number of aliphatic hydroxyl groups is 1. The van der Waals surface area contributed by atoms with Crippen molar-refractivity contribution in [3.63, 3.8) is 0 Å². The first kappa shape index (κ1) is 25.4. The van der Waals surface area contributed by atoms with Crippen LogP contribution in [-0.4, -0.2) is 74.0 Å². The van der Waals surface area contributed by atoms with Gasteiger partial charge in [0.25, 0.3) is 11.8 Å². The van der Waals surface area contributed by atoms with Crippen molar-refractivity contribution in [3.05, 3.63) is 70.4 Å². The van der Waals surface area contributed by atoms with E-state index in [1.165, 1.54) is 11.0 Å². The maximum Gasteiger partial charge on any atom is 0.433 e. The number of carbonyl (C=O) groups excluding carboxylic acids is 2. The van der Waals surface area contributed by atoms with Crippen LogP contribution in [-0.2, 0) is 36.3 Å². The van der Waals surface area contributed by atoms with Gasteiger partial charge < -0.3 is 19.3 Å². The number of fused-ring (bicyclic) bond motifs is 1. The summed E-state index contributed by atoms with van der Waals surface area (Å²) in [5, 5.41) is 17.9. The number of anilines is 1. The second-order valence-corrected chi connectivity index (χ2v) is 10.4. The SMILES string of the molecule is Cn1cnnc1CC1(c2ccc3c(c2)C(=O)N(c2cc(C(=O)N4CC[C@H](O)C4)cc(C(F)(F)F)n2)C3)COC1. The van der Waals surface area contributed by atoms with Crippen molar-refractivity contribution in [2.24, 2.45) is 7.05 Å². The molecule has 1 N–H and O–H groups in total. The molecule has 3 aliphatic rings. The van der Waals surface area contributed by atoms with E-state index in [0.717, 1.165) is 16.3 Å². The Hall–Kier alpha value is -3.84. The molecule has 0 saturated carbocycles. The Morgan fingerprint density at radius 1 is 1.23 bits per heavy atom. The number of aliphatic hydroxyl groups excluding tert-OH is 1. The fraction of sp³-hybridized carbons (Fsp3) is 0.423. The third-order valence-electron chi connectivity index (χ3n) is 7.66. The number of β-amino-alcohol motifs (C(OH)–C–C–N with tert-alkyl or cyclic N) is 1. The zero-order chi connectivity index (χ0) is 27.5. The zero-order valence-corrected chi connectivity index (χ0v) is 21.0. The third-order valence-corrected chi connectivity index (χ3v) is 7.66. The summed E-state index contributed by atoms with van der Waals surface area (Å²) >= 11 is 0. The number of halogens is 3. The Kier molecular flexibility index (Phi) is 5.95. The van der Waals surface area contributed by atoms with Crippen molar-refractivity contribution in [3.8, 4) is 0 Å². The van der Waals surface area contributed by atoms with Crippen LogP contribution in [0.15, 0.2) is 36.7 Å². The molecule has 0 spiro atoms. The van der Waals surface area contributed by atoms with Gasteiger partial charge in [0.05, 0.1) is 25.9 Å². The van der Waals surface area contributed by atoms with E-state index in [-0.39, 0.29) is 31.0 Å². The van der Waals surface area contributed by atoms with E-state index in [1.807, 2.05) is 17.7 Å². The van der Waals surface area contributed by atoms with Gasteiger partial charge in [-0.15, -0.1) is 10.2 Å². The van der Waals surface area contributed by atoms with Crippen LogP contribution in [0.1, 0.15) is 49.8 Å². The van der Waals surface area contributed by atoms with Crippen LogP contribution in [0, 0.1) is 0 Å². The van der Waals surface area contributed by atoms with E-state index in [1.54, 1.807) is 18.5 Å². The van der Waals surface area contributed by atoms with Gasteiger partial charge in [0.1, 0.15) is 23.7 Å². The zero-order valence-electron chi connectivity index (χ0n) is 21.0. The summed E-state index contributed by atoms with van der Waals surface area (Å²) in [5.41, 5.74) is -0.0233. The molecule has 0 unspecified atom stereocenters. The number of alkyl halides is 3. The lowest BCUT2D eigenvalue weighted by Gasteiger charge is -2.41. The first-order valence-electron chi connectivity index (χ1n) is 12.5. The molecule has 3 aromatic rings. The van der Waals surface area contributed by atoms with Crippen LogP contribution >= 0.6 is 0 Å². The minimum absolute atomic E-state index is 0.0194. The molecule has 6 rings (SSSR count). The lowest BCUT2D eigenvalue weighted by atomic mass is 9.75. The predicted molar refractivity (Wildman–Crippen MR) is 130 cm³/mol. The van der Waals surface area contributed by atoms with Gasteiger partial charge in [-0.1, -0.05) is 12.1 Å². The molecular formula is C26H25F3N6O4. The van der Waals surface area contributed by atoms with E-state index >= 15 is 0 Å². The lowest BCUT2D eigenvalue weighted by Crippen LogP contribution is -2.49. The van der Waals surface area contributed by atoms with Gasteiger partial charge in [0.2, 0.25) is 0 Å². The summed E-state index contributed by atoms with van der Waals surface area (Å²) in [6.45, 7) is 1.15. The van der Waals surface area contributed by atoms with Crippen molar-refractivity contribution in [1.29, 1.82) is 0 Å². The number of likely N-dealkylation sites (tertiary alicyclic amines) is 1. The average Bonchev–Trinajstić information content (AvgIpc) is 3.58. The third kappa shape index (κ3) is 4.44. The normalized spacial score (nSPS) is 20.3. The monoisotopic (exact) mass is 542 g/mol. The highest BCUT2D eigenvalue weighted by Gasteiger charge is 2.43. The highest BCUT2D eigenvalue weighted by molar-refractivity contribution is 6.10. The van der Waals surface area contributed by atoms with Crippen LogP contribution in [0.5, 0.6) is 0 Å². The van der Waals surface area contributed by atoms with Crippen LogP contribution in [0.2, 0.25) is 0 Å². The number of benzene rings is 1. The van der Waals surface area contributed by atoms with Gasteiger partial charge in [-0.05, 0) is 35.7 Å². The molecule has 2 fully saturated rings. The van der Waals surface area contributed by atoms with Gasteiger partial charge in [-0.25, -0.2) is 4.98 Å². The molecule has 2 aromatic heterocycles. The maximum atomic E-state index is 13.8. The minimum Gasteiger partial charge on any atom is -0.391 e. The Morgan fingerprint density at radius 2 is 2.03 bits per heavy atom. The van der Waals surface area contributed by atoms with Crippen molar-refractivity contribution in [2.45, 2.75) is 37.1 Å². The van der Waals surface area contributed by atoms with Crippen molar-refractivity contribution >= 4 is 17.6 Å². The molecule has 3 aliphatic heterocycles. The van der Waals surface area contributed by atoms with Gasteiger partial charge >= 0.3 is 6.18 Å². The molecule has 2 saturated heterocycles. The number of hydrogen-bond donors (Lipinski definition) is 1. The summed E-state index contributed by atoms with van der Waals surface area (Å²) in [6.07, 6.45) is -3.04. The van der Waals surface area contributed by atoms with Gasteiger partial charge in [-0.3, -0.25) is 14.5 Å². The Balaban J connectivity index is 1.32. The largest absolute Gasteiger partial charge is 0.433 e. The number of carbonyl (C=O) groups is 2. The molecule has 0 aliphatic carbocycles. The summed E-state index contributed by atoms with van der Waals surface area (Å²) < 4.78 is 48.6. The van der Waals surface area contributed by atoms with Gasteiger partial charge in [-0.2, -0.15) is 13.2 Å². The standard InChI is InChI=1S/C26H25F3N6O4/c1-33-14-30-32-22(33)9-25(12-39-13-25)17-3-2-15-10-35(24(38)19(15)8-17)21-7-16(6-20(31-21)26(27,28)29)23(37)34-5-4-18(36)11-34/h2-3,6-8,14,18,36H,4-5,9-13H2,1H3/t18-/m0/s1. The highest BCUT2D eigenvalue weighted by atomic mass is 19.4. The molecule has 0 bridgehead atoms. The number of ether oxygens (including phenoxy) is 1. The van der Waals surface area contributed by atoms with E-state index in [0.29, 0.717) is 43.2 Å². The van der Waals surface area contributed by atoms with Crippen molar-refractivity contribution in [2.75, 3.05) is 31.2 Å². The molecular weight excluding hydrogens is 517 g/mol. The molecule has 204 valence electrons. The topological polar surface area (TPSA) is 114 Å². The molecule has 0 radical (unpaired) electrons. The average molecular weight is 543 g/mol. The second-order valence-electron chi connectivity index (χ2n) is 10.4. The summed E-state index contributed by atoms with van der Waals surface area (Å²) in [5.74, 6) is -0.635. The maximum absolute atomic E-state index is 13.8. The Labute approximate surface area is 221 Å². The number of pyridine rings is 1. The lowest BCUT2D eigenvalue weighted by molar-refractivity contribution is -0.141. The Bertz CT molecular complexity index is 1470. The Morgan fingerprint density at radius 3 is 2.64 bits per heavy atom. The smallest absolute Gasteiger partial charge is 0.391 e. The minimum atomic E-state index is -4.82. The molecule has 5 heterocycles. The van der Waals surface area contributed by atoms with E-state index in [2.05, 4.69) is 15.2 Å². The van der Waals surface area contributed by atoms with Crippen LogP contribution < -0.4 is 4.90 Å². The molecule has 1 atom stereocenters. The number of hydrogen-bond acceptors (Lipinski definition) is 7. The molecule has 10 nitrogen and oxygen atoms in total. The second kappa shape index (κ2) is 9.12. The van der Waals surface area contributed by atoms with Gasteiger partial charge in [0.15, 0.2) is 0 Å². The molecule has 1 aromatic carbocycles. The van der Waals surface area contributed by atoms with Crippen LogP contribution in [0.25, 0.3) is 0 Å². The number of aryl methyl sites for hydroxylation is 1. The quantitative estimate of drug-likeness (QED) is 0.526. The van der Waals surface area contributed by atoms with E-state index < -0.39 is 35.2 Å². The first-order valence-corrected chi connectivity index (χ1v) is 12.5. The van der Waals surface area contributed by atoms with Crippen LogP contribution in [0.4, 0.5) is 19.0 Å². The number of aromatic nitrogens is 4. The summed E-state index contributed by atoms with van der Waals surface area (Å²) in [7, 11) is 1.85. The number of rotatable bonds is 5. The van der Waals surface area contributed by atoms with Crippen molar-refractivity contribution in [1.82, 2.24) is 24.6 Å². The van der Waals surface area contributed by atoms with E-state index in [9.17, 15) is 27.9 Å². The molecule has 2 amide bonds. The van der Waals surface area contributed by atoms with Crippen LogP contribution in [0.3, 0.4) is 0 Å².